The average molecular weight is 375 g/mol. The van der Waals surface area contributed by atoms with Gasteiger partial charge < -0.3 is 10.1 Å². The van der Waals surface area contributed by atoms with Crippen molar-refractivity contribution in [2.75, 3.05) is 19.0 Å². The first-order chi connectivity index (χ1) is 13.3. The van der Waals surface area contributed by atoms with Crippen LogP contribution in [0.1, 0.15) is 12.0 Å². The van der Waals surface area contributed by atoms with E-state index in [1.807, 2.05) is 30.6 Å². The molecule has 2 aromatic heterocycles. The SMILES string of the molecule is COc1ccc(CCCNc2nc(-c3ccc4cnccc4c3)cs2)cc1. The van der Waals surface area contributed by atoms with Crippen LogP contribution in [0.25, 0.3) is 22.0 Å². The third-order valence-electron chi connectivity index (χ3n) is 4.52. The molecule has 5 heteroatoms. The number of hydrogen-bond acceptors (Lipinski definition) is 5. The minimum absolute atomic E-state index is 0.900. The van der Waals surface area contributed by atoms with E-state index in [1.54, 1.807) is 18.4 Å². The second-order valence-corrected chi connectivity index (χ2v) is 7.21. The van der Waals surface area contributed by atoms with Crippen molar-refractivity contribution < 1.29 is 4.74 Å². The maximum Gasteiger partial charge on any atom is 0.183 e. The van der Waals surface area contributed by atoms with Crippen LogP contribution in [0, 0.1) is 0 Å². The zero-order valence-corrected chi connectivity index (χ0v) is 16.0. The molecule has 27 heavy (non-hydrogen) atoms. The molecule has 2 heterocycles. The van der Waals surface area contributed by atoms with Crippen molar-refractivity contribution in [2.45, 2.75) is 12.8 Å². The van der Waals surface area contributed by atoms with Gasteiger partial charge in [-0.05, 0) is 48.1 Å². The minimum atomic E-state index is 0.900. The molecule has 0 bridgehead atoms. The number of pyridine rings is 1. The van der Waals surface area contributed by atoms with Gasteiger partial charge in [0.1, 0.15) is 5.75 Å². The molecule has 0 aliphatic rings. The molecule has 0 spiro atoms. The van der Waals surface area contributed by atoms with E-state index in [1.165, 1.54) is 10.9 Å². The molecule has 4 aromatic rings. The summed E-state index contributed by atoms with van der Waals surface area (Å²) in [4.78, 5) is 8.89. The lowest BCUT2D eigenvalue weighted by Gasteiger charge is -2.05. The number of methoxy groups -OCH3 is 1. The molecular weight excluding hydrogens is 354 g/mol. The summed E-state index contributed by atoms with van der Waals surface area (Å²) >= 11 is 1.65. The summed E-state index contributed by atoms with van der Waals surface area (Å²) in [6.45, 7) is 0.905. The van der Waals surface area contributed by atoms with Gasteiger partial charge in [-0.25, -0.2) is 4.98 Å². The fourth-order valence-corrected chi connectivity index (χ4v) is 3.76. The number of aryl methyl sites for hydroxylation is 1. The second kappa shape index (κ2) is 8.18. The van der Waals surface area contributed by atoms with Gasteiger partial charge in [0, 0.05) is 35.3 Å². The van der Waals surface area contributed by atoms with Crippen molar-refractivity contribution >= 4 is 27.2 Å². The summed E-state index contributed by atoms with van der Waals surface area (Å²) in [5.74, 6) is 0.900. The molecule has 0 unspecified atom stereocenters. The Morgan fingerprint density at radius 3 is 2.78 bits per heavy atom. The average Bonchev–Trinajstić information content (AvgIpc) is 3.20. The lowest BCUT2D eigenvalue weighted by molar-refractivity contribution is 0.414. The molecule has 0 radical (unpaired) electrons. The van der Waals surface area contributed by atoms with Crippen molar-refractivity contribution in [3.8, 4) is 17.0 Å². The highest BCUT2D eigenvalue weighted by atomic mass is 32.1. The number of fused-ring (bicyclic) bond motifs is 1. The predicted octanol–water partition coefficient (Wildman–Crippen LogP) is 5.41. The molecular formula is C22H21N3OS. The van der Waals surface area contributed by atoms with E-state index in [2.05, 4.69) is 46.0 Å². The van der Waals surface area contributed by atoms with Gasteiger partial charge in [0.15, 0.2) is 5.13 Å². The van der Waals surface area contributed by atoms with E-state index < -0.39 is 0 Å². The van der Waals surface area contributed by atoms with E-state index in [0.717, 1.165) is 46.9 Å². The van der Waals surface area contributed by atoms with Crippen LogP contribution in [0.3, 0.4) is 0 Å². The van der Waals surface area contributed by atoms with Crippen molar-refractivity contribution in [3.05, 3.63) is 71.9 Å². The van der Waals surface area contributed by atoms with E-state index in [9.17, 15) is 0 Å². The molecule has 0 atom stereocenters. The summed E-state index contributed by atoms with van der Waals surface area (Å²) in [7, 11) is 1.69. The smallest absolute Gasteiger partial charge is 0.183 e. The lowest BCUT2D eigenvalue weighted by atomic mass is 10.1. The Hall–Kier alpha value is -2.92. The molecule has 0 saturated carbocycles. The van der Waals surface area contributed by atoms with Crippen molar-refractivity contribution in [1.29, 1.82) is 0 Å². The normalized spacial score (nSPS) is 10.9. The second-order valence-electron chi connectivity index (χ2n) is 6.35. The monoisotopic (exact) mass is 375 g/mol. The molecule has 0 aliphatic heterocycles. The maximum absolute atomic E-state index is 5.19. The Bertz CT molecular complexity index is 1030. The highest BCUT2D eigenvalue weighted by Crippen LogP contribution is 2.27. The first-order valence-electron chi connectivity index (χ1n) is 8.98. The molecule has 2 aromatic carbocycles. The van der Waals surface area contributed by atoms with Crippen molar-refractivity contribution in [3.63, 3.8) is 0 Å². The third kappa shape index (κ3) is 4.26. The van der Waals surface area contributed by atoms with E-state index in [-0.39, 0.29) is 0 Å². The fourth-order valence-electron chi connectivity index (χ4n) is 3.01. The molecule has 0 fully saturated rings. The number of thiazole rings is 1. The zero-order chi connectivity index (χ0) is 18.5. The first kappa shape index (κ1) is 17.5. The number of aromatic nitrogens is 2. The molecule has 136 valence electrons. The van der Waals surface area contributed by atoms with Crippen LogP contribution in [-0.4, -0.2) is 23.6 Å². The molecule has 0 aliphatic carbocycles. The molecule has 1 N–H and O–H groups in total. The highest BCUT2D eigenvalue weighted by Gasteiger charge is 2.05. The Kier molecular flexibility index (Phi) is 5.30. The number of anilines is 1. The quantitative estimate of drug-likeness (QED) is 0.439. The highest BCUT2D eigenvalue weighted by molar-refractivity contribution is 7.14. The standard InChI is InChI=1S/C22H21N3OS/c1-26-20-8-4-16(5-9-20)3-2-11-24-22-25-21(15-27-22)18-6-7-19-14-23-12-10-17(19)13-18/h4-10,12-15H,2-3,11H2,1H3,(H,24,25). The zero-order valence-electron chi connectivity index (χ0n) is 15.2. The molecule has 4 nitrogen and oxygen atoms in total. The number of nitrogens with one attached hydrogen (secondary N) is 1. The van der Waals surface area contributed by atoms with E-state index >= 15 is 0 Å². The molecule has 0 saturated heterocycles. The van der Waals surface area contributed by atoms with Gasteiger partial charge >= 0.3 is 0 Å². The van der Waals surface area contributed by atoms with Crippen LogP contribution in [-0.2, 0) is 6.42 Å². The van der Waals surface area contributed by atoms with Crippen LogP contribution >= 0.6 is 11.3 Å². The predicted molar refractivity (Wildman–Crippen MR) is 113 cm³/mol. The number of benzene rings is 2. The number of ether oxygens (including phenoxy) is 1. The van der Waals surface area contributed by atoms with Crippen LogP contribution in [0.2, 0.25) is 0 Å². The van der Waals surface area contributed by atoms with Gasteiger partial charge in [-0.15, -0.1) is 11.3 Å². The van der Waals surface area contributed by atoms with Gasteiger partial charge in [-0.1, -0.05) is 24.3 Å². The van der Waals surface area contributed by atoms with Crippen LogP contribution in [0.5, 0.6) is 5.75 Å². The summed E-state index contributed by atoms with van der Waals surface area (Å²) < 4.78 is 5.19. The Labute approximate surface area is 162 Å². The Morgan fingerprint density at radius 2 is 1.93 bits per heavy atom. The first-order valence-corrected chi connectivity index (χ1v) is 9.86. The van der Waals surface area contributed by atoms with Crippen LogP contribution in [0.15, 0.2) is 66.3 Å². The summed E-state index contributed by atoms with van der Waals surface area (Å²) in [6, 6.07) is 16.7. The number of nitrogens with zero attached hydrogens (tertiary/aromatic N) is 2. The molecule has 4 rings (SSSR count). The van der Waals surface area contributed by atoms with Gasteiger partial charge in [-0.3, -0.25) is 4.98 Å². The Morgan fingerprint density at radius 1 is 1.04 bits per heavy atom. The van der Waals surface area contributed by atoms with Gasteiger partial charge in [0.25, 0.3) is 0 Å². The Balaban J connectivity index is 1.33. The maximum atomic E-state index is 5.19. The van der Waals surface area contributed by atoms with E-state index in [4.69, 9.17) is 9.72 Å². The van der Waals surface area contributed by atoms with Crippen LogP contribution < -0.4 is 10.1 Å². The summed E-state index contributed by atoms with van der Waals surface area (Å²) in [5, 5.41) is 8.84. The minimum Gasteiger partial charge on any atom is -0.497 e. The summed E-state index contributed by atoms with van der Waals surface area (Å²) in [6.07, 6.45) is 5.80. The van der Waals surface area contributed by atoms with Gasteiger partial charge in [0.05, 0.1) is 12.8 Å². The third-order valence-corrected chi connectivity index (χ3v) is 5.32. The van der Waals surface area contributed by atoms with Crippen molar-refractivity contribution in [2.24, 2.45) is 0 Å². The number of rotatable bonds is 7. The van der Waals surface area contributed by atoms with E-state index in [0.29, 0.717) is 0 Å². The molecule has 0 amide bonds. The lowest BCUT2D eigenvalue weighted by Crippen LogP contribution is -2.02. The van der Waals surface area contributed by atoms with Crippen molar-refractivity contribution in [1.82, 2.24) is 9.97 Å². The summed E-state index contributed by atoms with van der Waals surface area (Å²) in [5.41, 5.74) is 3.47. The van der Waals surface area contributed by atoms with Crippen LogP contribution in [0.4, 0.5) is 5.13 Å². The van der Waals surface area contributed by atoms with Gasteiger partial charge in [0.2, 0.25) is 0 Å². The number of hydrogen-bond donors (Lipinski definition) is 1. The largest absolute Gasteiger partial charge is 0.497 e. The topological polar surface area (TPSA) is 47.0 Å². The van der Waals surface area contributed by atoms with Gasteiger partial charge in [-0.2, -0.15) is 0 Å². The fraction of sp³-hybridized carbons (Fsp3) is 0.182.